The minimum absolute atomic E-state index is 0.545. The van der Waals surface area contributed by atoms with Crippen molar-refractivity contribution in [3.05, 3.63) is 46.3 Å². The Morgan fingerprint density at radius 3 is 2.65 bits per heavy atom. The quantitative estimate of drug-likeness (QED) is 0.870. The summed E-state index contributed by atoms with van der Waals surface area (Å²) >= 11 is 1.38. The van der Waals surface area contributed by atoms with Crippen LogP contribution in [0.4, 0.5) is 10.7 Å². The first-order valence-electron chi connectivity index (χ1n) is 5.28. The lowest BCUT2D eigenvalue weighted by Gasteiger charge is -2.03. The minimum Gasteiger partial charge on any atom is -0.397 e. The van der Waals surface area contributed by atoms with Gasteiger partial charge in [-0.3, -0.25) is 0 Å². The zero-order valence-corrected chi connectivity index (χ0v) is 10.3. The summed E-state index contributed by atoms with van der Waals surface area (Å²) in [6.45, 7) is 2.81. The minimum atomic E-state index is 0.545. The Hall–Kier alpha value is -1.99. The first-order chi connectivity index (χ1) is 8.19. The smallest absolute Gasteiger partial charge is 0.129 e. The number of thiophene rings is 1. The van der Waals surface area contributed by atoms with Crippen LogP contribution >= 0.6 is 11.3 Å². The second-order valence-corrected chi connectivity index (χ2v) is 4.90. The zero-order valence-electron chi connectivity index (χ0n) is 9.53. The number of aryl methyl sites for hydroxylation is 1. The predicted molar refractivity (Wildman–Crippen MR) is 72.0 cm³/mol. The monoisotopic (exact) mass is 243 g/mol. The maximum absolute atomic E-state index is 8.80. The number of hydrogen-bond donors (Lipinski definition) is 2. The van der Waals surface area contributed by atoms with E-state index in [1.54, 1.807) is 6.07 Å². The van der Waals surface area contributed by atoms with E-state index in [1.807, 2.05) is 0 Å². The van der Waals surface area contributed by atoms with Crippen molar-refractivity contribution in [3.8, 4) is 6.07 Å². The maximum atomic E-state index is 8.80. The molecule has 2 rings (SSSR count). The molecular formula is C13H13N3S. The van der Waals surface area contributed by atoms with E-state index in [-0.39, 0.29) is 0 Å². The van der Waals surface area contributed by atoms with E-state index in [2.05, 4.69) is 42.6 Å². The molecule has 0 saturated carbocycles. The standard InChI is InChI=1S/C13H13N3S/c1-9-2-4-10(5-3-9)8-16-13-6-11(15)12(7-14)17-13/h2-6,16H,8,15H2,1H3. The Morgan fingerprint density at radius 2 is 2.06 bits per heavy atom. The van der Waals surface area contributed by atoms with Gasteiger partial charge in [-0.1, -0.05) is 29.8 Å². The van der Waals surface area contributed by atoms with Crippen LogP contribution in [0.25, 0.3) is 0 Å². The molecule has 0 aliphatic heterocycles. The first-order valence-corrected chi connectivity index (χ1v) is 6.09. The molecule has 17 heavy (non-hydrogen) atoms. The van der Waals surface area contributed by atoms with Crippen molar-refractivity contribution in [1.82, 2.24) is 0 Å². The topological polar surface area (TPSA) is 61.8 Å². The lowest BCUT2D eigenvalue weighted by Crippen LogP contribution is -1.97. The van der Waals surface area contributed by atoms with E-state index in [0.717, 1.165) is 11.5 Å². The summed E-state index contributed by atoms with van der Waals surface area (Å²) in [6.07, 6.45) is 0. The Bertz CT molecular complexity index is 549. The van der Waals surface area contributed by atoms with Gasteiger partial charge in [-0.2, -0.15) is 5.26 Å². The van der Waals surface area contributed by atoms with Gasteiger partial charge >= 0.3 is 0 Å². The van der Waals surface area contributed by atoms with Crippen LogP contribution in [0.15, 0.2) is 30.3 Å². The molecule has 0 radical (unpaired) electrons. The number of nitriles is 1. The molecule has 0 spiro atoms. The fourth-order valence-electron chi connectivity index (χ4n) is 1.47. The third-order valence-corrected chi connectivity index (χ3v) is 3.46. The number of rotatable bonds is 3. The number of nitrogens with one attached hydrogen (secondary N) is 1. The molecular weight excluding hydrogens is 230 g/mol. The van der Waals surface area contributed by atoms with Crippen LogP contribution in [-0.2, 0) is 6.54 Å². The second-order valence-electron chi connectivity index (χ2n) is 3.85. The van der Waals surface area contributed by atoms with Crippen LogP contribution < -0.4 is 11.1 Å². The number of hydrogen-bond acceptors (Lipinski definition) is 4. The third kappa shape index (κ3) is 2.77. The molecule has 0 saturated heterocycles. The summed E-state index contributed by atoms with van der Waals surface area (Å²) in [5, 5.41) is 13.0. The van der Waals surface area contributed by atoms with Gasteiger partial charge in [0.1, 0.15) is 10.9 Å². The zero-order chi connectivity index (χ0) is 12.3. The van der Waals surface area contributed by atoms with E-state index in [9.17, 15) is 0 Å². The molecule has 0 amide bonds. The Balaban J connectivity index is 2.02. The summed E-state index contributed by atoms with van der Waals surface area (Å²) in [6, 6.07) is 12.2. The molecule has 0 unspecified atom stereocenters. The van der Waals surface area contributed by atoms with Crippen LogP contribution in [0, 0.1) is 18.3 Å². The maximum Gasteiger partial charge on any atom is 0.129 e. The normalized spacial score (nSPS) is 9.88. The molecule has 2 aromatic rings. The Morgan fingerprint density at radius 1 is 1.35 bits per heavy atom. The van der Waals surface area contributed by atoms with Crippen molar-refractivity contribution in [1.29, 1.82) is 5.26 Å². The van der Waals surface area contributed by atoms with E-state index < -0.39 is 0 Å². The van der Waals surface area contributed by atoms with Crippen molar-refractivity contribution >= 4 is 22.0 Å². The van der Waals surface area contributed by atoms with Gasteiger partial charge in [0.25, 0.3) is 0 Å². The lowest BCUT2D eigenvalue weighted by molar-refractivity contribution is 1.16. The van der Waals surface area contributed by atoms with E-state index in [1.165, 1.54) is 22.5 Å². The second kappa shape index (κ2) is 4.89. The lowest BCUT2D eigenvalue weighted by atomic mass is 10.1. The van der Waals surface area contributed by atoms with Crippen molar-refractivity contribution in [3.63, 3.8) is 0 Å². The summed E-state index contributed by atoms with van der Waals surface area (Å²) < 4.78 is 0. The van der Waals surface area contributed by atoms with Crippen LogP contribution in [0.5, 0.6) is 0 Å². The van der Waals surface area contributed by atoms with Crippen LogP contribution in [0.2, 0.25) is 0 Å². The molecule has 0 fully saturated rings. The largest absolute Gasteiger partial charge is 0.397 e. The molecule has 1 aromatic carbocycles. The van der Waals surface area contributed by atoms with Crippen LogP contribution in [-0.4, -0.2) is 0 Å². The van der Waals surface area contributed by atoms with Crippen LogP contribution in [0.3, 0.4) is 0 Å². The van der Waals surface area contributed by atoms with Gasteiger partial charge in [-0.15, -0.1) is 11.3 Å². The van der Waals surface area contributed by atoms with E-state index in [0.29, 0.717) is 10.6 Å². The molecule has 4 heteroatoms. The van der Waals surface area contributed by atoms with Gasteiger partial charge in [0.2, 0.25) is 0 Å². The van der Waals surface area contributed by atoms with Crippen molar-refractivity contribution in [2.45, 2.75) is 13.5 Å². The SMILES string of the molecule is Cc1ccc(CNc2cc(N)c(C#N)s2)cc1. The van der Waals surface area contributed by atoms with Gasteiger partial charge < -0.3 is 11.1 Å². The molecule has 1 heterocycles. The van der Waals surface area contributed by atoms with Gasteiger partial charge in [-0.05, 0) is 18.6 Å². The molecule has 1 aromatic heterocycles. The summed E-state index contributed by atoms with van der Waals surface area (Å²) in [4.78, 5) is 0.566. The first kappa shape index (κ1) is 11.5. The molecule has 3 N–H and O–H groups in total. The van der Waals surface area contributed by atoms with Crippen molar-refractivity contribution in [2.24, 2.45) is 0 Å². The average molecular weight is 243 g/mol. The Kier molecular flexibility index (Phi) is 3.31. The molecule has 0 bridgehead atoms. The predicted octanol–water partition coefficient (Wildman–Crippen LogP) is 3.12. The van der Waals surface area contributed by atoms with E-state index in [4.69, 9.17) is 11.0 Å². The van der Waals surface area contributed by atoms with Gasteiger partial charge in [0.05, 0.1) is 10.7 Å². The highest BCUT2D eigenvalue weighted by Gasteiger charge is 2.04. The number of nitrogens with zero attached hydrogens (tertiary/aromatic N) is 1. The number of nitrogens with two attached hydrogens (primary N) is 1. The van der Waals surface area contributed by atoms with Gasteiger partial charge in [0, 0.05) is 6.54 Å². The molecule has 0 aliphatic carbocycles. The van der Waals surface area contributed by atoms with Gasteiger partial charge in [0.15, 0.2) is 0 Å². The average Bonchev–Trinajstić information content (AvgIpc) is 2.69. The number of benzene rings is 1. The number of anilines is 2. The molecule has 0 aliphatic rings. The molecule has 86 valence electrons. The number of nitrogen functional groups attached to an aromatic ring is 1. The highest BCUT2D eigenvalue weighted by atomic mass is 32.1. The highest BCUT2D eigenvalue weighted by molar-refractivity contribution is 7.17. The fourth-order valence-corrected chi connectivity index (χ4v) is 2.25. The fraction of sp³-hybridized carbons (Fsp3) is 0.154. The van der Waals surface area contributed by atoms with Crippen molar-refractivity contribution < 1.29 is 0 Å². The van der Waals surface area contributed by atoms with E-state index >= 15 is 0 Å². The summed E-state index contributed by atoms with van der Waals surface area (Å²) in [5.74, 6) is 0. The highest BCUT2D eigenvalue weighted by Crippen LogP contribution is 2.28. The van der Waals surface area contributed by atoms with Crippen LogP contribution in [0.1, 0.15) is 16.0 Å². The third-order valence-electron chi connectivity index (χ3n) is 2.45. The summed E-state index contributed by atoms with van der Waals surface area (Å²) in [5.41, 5.74) is 8.69. The van der Waals surface area contributed by atoms with Crippen molar-refractivity contribution in [2.75, 3.05) is 11.1 Å². The molecule has 3 nitrogen and oxygen atoms in total. The molecule has 0 atom stereocenters. The summed E-state index contributed by atoms with van der Waals surface area (Å²) in [7, 11) is 0. The Labute approximate surface area is 105 Å². The van der Waals surface area contributed by atoms with Gasteiger partial charge in [-0.25, -0.2) is 0 Å².